The summed E-state index contributed by atoms with van der Waals surface area (Å²) < 4.78 is 5.19. The first-order chi connectivity index (χ1) is 10.1. The van der Waals surface area contributed by atoms with Crippen molar-refractivity contribution in [3.8, 4) is 5.75 Å². The summed E-state index contributed by atoms with van der Waals surface area (Å²) in [6, 6.07) is 13.9. The number of halogens is 2. The Balaban J connectivity index is 2.06. The molecule has 2 aromatic carbocycles. The van der Waals surface area contributed by atoms with E-state index in [2.05, 4.69) is 24.4 Å². The predicted octanol–water partition coefficient (Wildman–Crippen LogP) is 5.24. The van der Waals surface area contributed by atoms with Gasteiger partial charge in [-0.3, -0.25) is 0 Å². The number of hydrogen-bond acceptors (Lipinski definition) is 2. The smallest absolute Gasteiger partial charge is 0.118 e. The van der Waals surface area contributed by atoms with Crippen LogP contribution < -0.4 is 10.1 Å². The summed E-state index contributed by atoms with van der Waals surface area (Å²) in [4.78, 5) is 0. The van der Waals surface area contributed by atoms with E-state index in [-0.39, 0.29) is 6.04 Å². The standard InChI is InChI=1S/C17H19Cl2NO/c1-3-17(12-4-7-15(21-2)8-5-12)20-11-13-10-14(18)6-9-16(13)19/h4-10,17,20H,3,11H2,1-2H3. The van der Waals surface area contributed by atoms with Crippen LogP contribution in [0.3, 0.4) is 0 Å². The normalized spacial score (nSPS) is 12.2. The minimum atomic E-state index is 0.269. The van der Waals surface area contributed by atoms with Crippen LogP contribution in [0.15, 0.2) is 42.5 Å². The lowest BCUT2D eigenvalue weighted by Gasteiger charge is -2.18. The summed E-state index contributed by atoms with van der Waals surface area (Å²) in [5, 5.41) is 4.96. The van der Waals surface area contributed by atoms with Gasteiger partial charge in [0.1, 0.15) is 5.75 Å². The van der Waals surface area contributed by atoms with Crippen LogP contribution in [-0.2, 0) is 6.54 Å². The van der Waals surface area contributed by atoms with Gasteiger partial charge >= 0.3 is 0 Å². The van der Waals surface area contributed by atoms with Crippen LogP contribution >= 0.6 is 23.2 Å². The molecule has 2 aromatic rings. The van der Waals surface area contributed by atoms with Gasteiger partial charge in [0.2, 0.25) is 0 Å². The van der Waals surface area contributed by atoms with Crippen molar-refractivity contribution >= 4 is 23.2 Å². The highest BCUT2D eigenvalue weighted by molar-refractivity contribution is 6.33. The fraction of sp³-hybridized carbons (Fsp3) is 0.294. The van der Waals surface area contributed by atoms with Crippen molar-refractivity contribution in [2.24, 2.45) is 0 Å². The zero-order valence-corrected chi connectivity index (χ0v) is 13.7. The highest BCUT2D eigenvalue weighted by atomic mass is 35.5. The third-order valence-corrected chi connectivity index (χ3v) is 4.08. The molecule has 112 valence electrons. The Kier molecular flexibility index (Phi) is 5.92. The maximum atomic E-state index is 6.19. The summed E-state index contributed by atoms with van der Waals surface area (Å²) in [6.07, 6.45) is 0.991. The highest BCUT2D eigenvalue weighted by Crippen LogP contribution is 2.23. The third kappa shape index (κ3) is 4.37. The summed E-state index contributed by atoms with van der Waals surface area (Å²) in [6.45, 7) is 2.84. The van der Waals surface area contributed by atoms with Gasteiger partial charge in [-0.1, -0.05) is 42.3 Å². The van der Waals surface area contributed by atoms with Crippen LogP contribution in [0.25, 0.3) is 0 Å². The van der Waals surface area contributed by atoms with E-state index >= 15 is 0 Å². The molecule has 2 rings (SSSR count). The van der Waals surface area contributed by atoms with Crippen LogP contribution in [0.2, 0.25) is 10.0 Å². The number of rotatable bonds is 6. The third-order valence-electron chi connectivity index (χ3n) is 3.47. The molecule has 0 aliphatic carbocycles. The van der Waals surface area contributed by atoms with Crippen molar-refractivity contribution in [2.45, 2.75) is 25.9 Å². The topological polar surface area (TPSA) is 21.3 Å². The second-order valence-corrected chi connectivity index (χ2v) is 5.69. The zero-order chi connectivity index (χ0) is 15.2. The summed E-state index contributed by atoms with van der Waals surface area (Å²) in [5.41, 5.74) is 2.24. The fourth-order valence-electron chi connectivity index (χ4n) is 2.25. The van der Waals surface area contributed by atoms with E-state index in [1.165, 1.54) is 5.56 Å². The maximum absolute atomic E-state index is 6.19. The number of ether oxygens (including phenoxy) is 1. The molecule has 2 nitrogen and oxygen atoms in total. The number of hydrogen-bond donors (Lipinski definition) is 1. The van der Waals surface area contributed by atoms with E-state index in [0.29, 0.717) is 11.6 Å². The van der Waals surface area contributed by atoms with Gasteiger partial charge in [0.05, 0.1) is 7.11 Å². The number of benzene rings is 2. The summed E-state index contributed by atoms with van der Waals surface area (Å²) in [7, 11) is 1.67. The van der Waals surface area contributed by atoms with E-state index in [1.54, 1.807) is 13.2 Å². The lowest BCUT2D eigenvalue weighted by molar-refractivity contribution is 0.414. The lowest BCUT2D eigenvalue weighted by Crippen LogP contribution is -2.20. The maximum Gasteiger partial charge on any atom is 0.118 e. The zero-order valence-electron chi connectivity index (χ0n) is 12.2. The first kappa shape index (κ1) is 16.2. The summed E-state index contributed by atoms with van der Waals surface area (Å²) >= 11 is 12.2. The van der Waals surface area contributed by atoms with Gasteiger partial charge in [-0.15, -0.1) is 0 Å². The van der Waals surface area contributed by atoms with Gasteiger partial charge < -0.3 is 10.1 Å². The van der Waals surface area contributed by atoms with Crippen molar-refractivity contribution in [2.75, 3.05) is 7.11 Å². The van der Waals surface area contributed by atoms with E-state index in [1.807, 2.05) is 24.3 Å². The SMILES string of the molecule is CCC(NCc1cc(Cl)ccc1Cl)c1ccc(OC)cc1. The Morgan fingerprint density at radius 2 is 1.81 bits per heavy atom. The van der Waals surface area contributed by atoms with E-state index in [9.17, 15) is 0 Å². The molecule has 1 unspecified atom stereocenters. The molecular formula is C17H19Cl2NO. The van der Waals surface area contributed by atoms with E-state index in [4.69, 9.17) is 27.9 Å². The monoisotopic (exact) mass is 323 g/mol. The van der Waals surface area contributed by atoms with Crippen molar-refractivity contribution in [3.05, 3.63) is 63.6 Å². The Bertz CT molecular complexity index is 584. The predicted molar refractivity (Wildman–Crippen MR) is 89.3 cm³/mol. The van der Waals surface area contributed by atoms with Gasteiger partial charge in [-0.2, -0.15) is 0 Å². The molecule has 21 heavy (non-hydrogen) atoms. The second kappa shape index (κ2) is 7.69. The average molecular weight is 324 g/mol. The van der Waals surface area contributed by atoms with Crippen molar-refractivity contribution in [1.82, 2.24) is 5.32 Å². The molecule has 0 bridgehead atoms. The van der Waals surface area contributed by atoms with Gasteiger partial charge in [0.25, 0.3) is 0 Å². The minimum Gasteiger partial charge on any atom is -0.497 e. The molecule has 0 aliphatic rings. The van der Waals surface area contributed by atoms with E-state index < -0.39 is 0 Å². The molecular weight excluding hydrogens is 305 g/mol. The molecule has 1 atom stereocenters. The van der Waals surface area contributed by atoms with Crippen molar-refractivity contribution in [1.29, 1.82) is 0 Å². The molecule has 0 spiro atoms. The summed E-state index contributed by atoms with van der Waals surface area (Å²) in [5.74, 6) is 0.867. The molecule has 4 heteroatoms. The molecule has 0 saturated heterocycles. The average Bonchev–Trinajstić information content (AvgIpc) is 2.51. The Labute approximate surface area is 136 Å². The van der Waals surface area contributed by atoms with E-state index in [0.717, 1.165) is 22.8 Å². The van der Waals surface area contributed by atoms with Gasteiger partial charge in [0, 0.05) is 22.6 Å². The molecule has 0 aliphatic heterocycles. The number of methoxy groups -OCH3 is 1. The van der Waals surface area contributed by atoms with Crippen LogP contribution in [-0.4, -0.2) is 7.11 Å². The Morgan fingerprint density at radius 1 is 1.10 bits per heavy atom. The van der Waals surface area contributed by atoms with Crippen LogP contribution in [0.4, 0.5) is 0 Å². The quantitative estimate of drug-likeness (QED) is 0.784. The molecule has 0 heterocycles. The molecule has 0 saturated carbocycles. The molecule has 1 N–H and O–H groups in total. The Morgan fingerprint density at radius 3 is 2.43 bits per heavy atom. The minimum absolute atomic E-state index is 0.269. The van der Waals surface area contributed by atoms with Gasteiger partial charge in [-0.25, -0.2) is 0 Å². The van der Waals surface area contributed by atoms with Crippen molar-refractivity contribution < 1.29 is 4.74 Å². The Hall–Kier alpha value is -1.22. The van der Waals surface area contributed by atoms with Crippen LogP contribution in [0, 0.1) is 0 Å². The second-order valence-electron chi connectivity index (χ2n) is 4.85. The molecule has 0 amide bonds. The van der Waals surface area contributed by atoms with Crippen LogP contribution in [0.5, 0.6) is 5.75 Å². The lowest BCUT2D eigenvalue weighted by atomic mass is 10.0. The fourth-order valence-corrected chi connectivity index (χ4v) is 2.63. The molecule has 0 fully saturated rings. The van der Waals surface area contributed by atoms with Gasteiger partial charge in [0.15, 0.2) is 0 Å². The van der Waals surface area contributed by atoms with Crippen molar-refractivity contribution in [3.63, 3.8) is 0 Å². The number of nitrogens with one attached hydrogen (secondary N) is 1. The van der Waals surface area contributed by atoms with Crippen LogP contribution in [0.1, 0.15) is 30.5 Å². The first-order valence-corrected chi connectivity index (χ1v) is 7.71. The molecule has 0 aromatic heterocycles. The largest absolute Gasteiger partial charge is 0.497 e. The highest BCUT2D eigenvalue weighted by Gasteiger charge is 2.10. The first-order valence-electron chi connectivity index (χ1n) is 6.95. The molecule has 0 radical (unpaired) electrons. The van der Waals surface area contributed by atoms with Gasteiger partial charge in [-0.05, 0) is 47.9 Å².